The van der Waals surface area contributed by atoms with Crippen molar-refractivity contribution < 1.29 is 14.3 Å². The molecule has 10 nitrogen and oxygen atoms in total. The monoisotopic (exact) mass is 345 g/mol. The molecule has 0 aliphatic carbocycles. The normalized spacial score (nSPS) is 15.0. The summed E-state index contributed by atoms with van der Waals surface area (Å²) in [4.78, 5) is 29.4. The Labute approximate surface area is 144 Å². The Morgan fingerprint density at radius 3 is 2.68 bits per heavy atom. The number of piperidine rings is 1. The number of nitrogens with zero attached hydrogens (tertiary/aromatic N) is 6. The smallest absolute Gasteiger partial charge is 0.409 e. The van der Waals surface area contributed by atoms with Crippen LogP contribution < -0.4 is 5.32 Å². The van der Waals surface area contributed by atoms with Gasteiger partial charge in [0, 0.05) is 19.1 Å². The van der Waals surface area contributed by atoms with Crippen molar-refractivity contribution in [2.75, 3.05) is 19.7 Å². The fourth-order valence-electron chi connectivity index (χ4n) is 2.58. The van der Waals surface area contributed by atoms with E-state index >= 15 is 0 Å². The number of likely N-dealkylation sites (tertiary alicyclic amines) is 1. The van der Waals surface area contributed by atoms with Crippen LogP contribution in [0.3, 0.4) is 0 Å². The van der Waals surface area contributed by atoms with Gasteiger partial charge in [0.25, 0.3) is 5.91 Å². The van der Waals surface area contributed by atoms with E-state index in [1.54, 1.807) is 24.0 Å². The van der Waals surface area contributed by atoms with E-state index in [4.69, 9.17) is 4.74 Å². The number of aromatic nitrogens is 5. The molecule has 0 radical (unpaired) electrons. The lowest BCUT2D eigenvalue weighted by molar-refractivity contribution is 0.0856. The van der Waals surface area contributed by atoms with E-state index in [9.17, 15) is 9.59 Å². The molecule has 0 spiro atoms. The second kappa shape index (κ2) is 7.69. The molecule has 3 heterocycles. The van der Waals surface area contributed by atoms with E-state index in [1.807, 2.05) is 0 Å². The largest absolute Gasteiger partial charge is 0.450 e. The van der Waals surface area contributed by atoms with Crippen LogP contribution in [-0.2, 0) is 4.74 Å². The number of amides is 2. The van der Waals surface area contributed by atoms with Gasteiger partial charge in [0.15, 0.2) is 11.5 Å². The van der Waals surface area contributed by atoms with Gasteiger partial charge in [-0.1, -0.05) is 0 Å². The number of carbonyl (C=O) groups is 2. The molecule has 1 N–H and O–H groups in total. The average molecular weight is 345 g/mol. The molecule has 3 rings (SSSR count). The van der Waals surface area contributed by atoms with Gasteiger partial charge in [-0.15, -0.1) is 10.2 Å². The molecule has 2 aromatic rings. The van der Waals surface area contributed by atoms with Gasteiger partial charge in [-0.2, -0.15) is 5.10 Å². The fourth-order valence-corrected chi connectivity index (χ4v) is 2.58. The standard InChI is InChI=1S/C15H19N7O3/c1-2-25-15(24)21-7-5-11(6-8-21)18-14(23)12-3-4-13(20-19-12)22-10-16-9-17-22/h3-4,9-11H,2,5-8H2,1H3,(H,18,23). The maximum absolute atomic E-state index is 12.3. The Kier molecular flexibility index (Phi) is 5.17. The van der Waals surface area contributed by atoms with E-state index in [0.717, 1.165) is 0 Å². The number of hydrogen-bond donors (Lipinski definition) is 1. The molecule has 1 aliphatic rings. The van der Waals surface area contributed by atoms with Gasteiger partial charge >= 0.3 is 6.09 Å². The first-order valence-corrected chi connectivity index (χ1v) is 8.08. The zero-order valence-electron chi connectivity index (χ0n) is 13.8. The van der Waals surface area contributed by atoms with Gasteiger partial charge in [-0.25, -0.2) is 14.5 Å². The summed E-state index contributed by atoms with van der Waals surface area (Å²) >= 11 is 0. The summed E-state index contributed by atoms with van der Waals surface area (Å²) in [6.07, 6.45) is 3.94. The van der Waals surface area contributed by atoms with Gasteiger partial charge in [0.1, 0.15) is 12.7 Å². The van der Waals surface area contributed by atoms with Crippen LogP contribution in [0.25, 0.3) is 5.82 Å². The number of rotatable bonds is 4. The van der Waals surface area contributed by atoms with Crippen LogP contribution in [0.4, 0.5) is 4.79 Å². The highest BCUT2D eigenvalue weighted by Crippen LogP contribution is 2.12. The molecule has 0 unspecified atom stereocenters. The quantitative estimate of drug-likeness (QED) is 0.853. The van der Waals surface area contributed by atoms with Crippen molar-refractivity contribution in [2.24, 2.45) is 0 Å². The Balaban J connectivity index is 1.52. The van der Waals surface area contributed by atoms with Crippen molar-refractivity contribution >= 4 is 12.0 Å². The number of ether oxygens (including phenoxy) is 1. The predicted octanol–water partition coefficient (Wildman–Crippen LogP) is 0.408. The highest BCUT2D eigenvalue weighted by molar-refractivity contribution is 5.92. The fraction of sp³-hybridized carbons (Fsp3) is 0.467. The number of nitrogens with one attached hydrogen (secondary N) is 1. The molecule has 1 saturated heterocycles. The van der Waals surface area contributed by atoms with Crippen molar-refractivity contribution in [3.63, 3.8) is 0 Å². The third-order valence-electron chi connectivity index (χ3n) is 3.89. The lowest BCUT2D eigenvalue weighted by Crippen LogP contribution is -2.46. The first-order valence-electron chi connectivity index (χ1n) is 8.08. The van der Waals surface area contributed by atoms with Gasteiger partial charge in [-0.3, -0.25) is 4.79 Å². The third-order valence-corrected chi connectivity index (χ3v) is 3.89. The van der Waals surface area contributed by atoms with Crippen LogP contribution in [0.2, 0.25) is 0 Å². The summed E-state index contributed by atoms with van der Waals surface area (Å²) in [6, 6.07) is 3.24. The van der Waals surface area contributed by atoms with Gasteiger partial charge in [0.05, 0.1) is 6.61 Å². The first kappa shape index (κ1) is 16.8. The second-order valence-corrected chi connectivity index (χ2v) is 5.55. The second-order valence-electron chi connectivity index (χ2n) is 5.55. The van der Waals surface area contributed by atoms with Crippen LogP contribution in [0, 0.1) is 0 Å². The van der Waals surface area contributed by atoms with Crippen LogP contribution >= 0.6 is 0 Å². The summed E-state index contributed by atoms with van der Waals surface area (Å²) in [7, 11) is 0. The molecule has 0 aromatic carbocycles. The molecule has 1 aliphatic heterocycles. The van der Waals surface area contributed by atoms with Crippen molar-refractivity contribution in [2.45, 2.75) is 25.8 Å². The maximum atomic E-state index is 12.3. The van der Waals surface area contributed by atoms with E-state index in [-0.39, 0.29) is 23.7 Å². The molecule has 0 bridgehead atoms. The van der Waals surface area contributed by atoms with Crippen molar-refractivity contribution in [3.8, 4) is 5.82 Å². The van der Waals surface area contributed by atoms with Crippen molar-refractivity contribution in [1.29, 1.82) is 0 Å². The highest BCUT2D eigenvalue weighted by Gasteiger charge is 2.25. The van der Waals surface area contributed by atoms with E-state index in [0.29, 0.717) is 38.4 Å². The summed E-state index contributed by atoms with van der Waals surface area (Å²) in [6.45, 7) is 3.25. The molecular formula is C15H19N7O3. The highest BCUT2D eigenvalue weighted by atomic mass is 16.6. The SMILES string of the molecule is CCOC(=O)N1CCC(NC(=O)c2ccc(-n3cncn3)nn2)CC1. The molecule has 0 atom stereocenters. The Bertz CT molecular complexity index is 709. The van der Waals surface area contributed by atoms with E-state index in [2.05, 4.69) is 25.6 Å². The zero-order chi connectivity index (χ0) is 17.6. The number of carbonyl (C=O) groups excluding carboxylic acids is 2. The van der Waals surface area contributed by atoms with Gasteiger partial charge in [-0.05, 0) is 31.9 Å². The molecular weight excluding hydrogens is 326 g/mol. The molecule has 132 valence electrons. The van der Waals surface area contributed by atoms with Crippen molar-refractivity contribution in [3.05, 3.63) is 30.5 Å². The summed E-state index contributed by atoms with van der Waals surface area (Å²) in [5, 5.41) is 14.8. The molecule has 25 heavy (non-hydrogen) atoms. The molecule has 0 saturated carbocycles. The summed E-state index contributed by atoms with van der Waals surface area (Å²) < 4.78 is 6.44. The number of hydrogen-bond acceptors (Lipinski definition) is 7. The molecule has 10 heteroatoms. The Hall–Kier alpha value is -3.04. The zero-order valence-corrected chi connectivity index (χ0v) is 13.8. The van der Waals surface area contributed by atoms with Crippen LogP contribution in [0.5, 0.6) is 0 Å². The lowest BCUT2D eigenvalue weighted by Gasteiger charge is -2.31. The first-order chi connectivity index (χ1) is 12.2. The molecule has 2 amide bonds. The van der Waals surface area contributed by atoms with Gasteiger partial charge < -0.3 is 15.0 Å². The predicted molar refractivity (Wildman–Crippen MR) is 86.0 cm³/mol. The minimum atomic E-state index is -0.304. The minimum absolute atomic E-state index is 0.00466. The minimum Gasteiger partial charge on any atom is -0.450 e. The lowest BCUT2D eigenvalue weighted by atomic mass is 10.1. The summed E-state index contributed by atoms with van der Waals surface area (Å²) in [5.74, 6) is 0.198. The van der Waals surface area contributed by atoms with E-state index in [1.165, 1.54) is 17.3 Å². The van der Waals surface area contributed by atoms with E-state index < -0.39 is 0 Å². The molecule has 2 aromatic heterocycles. The maximum Gasteiger partial charge on any atom is 0.409 e. The van der Waals surface area contributed by atoms with Crippen LogP contribution in [-0.4, -0.2) is 67.6 Å². The summed E-state index contributed by atoms with van der Waals surface area (Å²) in [5.41, 5.74) is 0.233. The van der Waals surface area contributed by atoms with Crippen molar-refractivity contribution in [1.82, 2.24) is 35.2 Å². The average Bonchev–Trinajstić information content (AvgIpc) is 3.17. The van der Waals surface area contributed by atoms with Crippen LogP contribution in [0.15, 0.2) is 24.8 Å². The Morgan fingerprint density at radius 2 is 2.08 bits per heavy atom. The third kappa shape index (κ3) is 4.08. The topological polar surface area (TPSA) is 115 Å². The van der Waals surface area contributed by atoms with Gasteiger partial charge in [0.2, 0.25) is 0 Å². The molecule has 1 fully saturated rings. The van der Waals surface area contributed by atoms with Crippen LogP contribution in [0.1, 0.15) is 30.3 Å². The Morgan fingerprint density at radius 1 is 1.28 bits per heavy atom.